The molecule has 0 atom stereocenters. The molecule has 0 aliphatic heterocycles. The van der Waals surface area contributed by atoms with Gasteiger partial charge in [0.15, 0.2) is 0 Å². The first-order valence-electron chi connectivity index (χ1n) is 11.4. The minimum Gasteiger partial charge on any atom is -0.377 e. The van der Waals surface area contributed by atoms with E-state index in [2.05, 4.69) is 0 Å². The molecule has 0 rings (SSSR count). The minimum atomic E-state index is -2.63. The maximum atomic E-state index is 6.40. The van der Waals surface area contributed by atoms with Gasteiger partial charge in [0, 0.05) is 82.1 Å². The Balaban J connectivity index is 5.38. The fourth-order valence-electron chi connectivity index (χ4n) is 4.39. The summed E-state index contributed by atoms with van der Waals surface area (Å²) in [5.41, 5.74) is 6.33. The molecule has 0 aromatic heterocycles. The summed E-state index contributed by atoms with van der Waals surface area (Å²) in [6.45, 7) is 0.567. The van der Waals surface area contributed by atoms with Crippen molar-refractivity contribution < 1.29 is 39.8 Å². The summed E-state index contributed by atoms with van der Waals surface area (Å²) in [5.74, 6) is 0. The quantitative estimate of drug-likeness (QED) is 0.209. The largest absolute Gasteiger partial charge is 0.500 e. The predicted octanol–water partition coefficient (Wildman–Crippen LogP) is 2.91. The molecule has 0 amide bonds. The lowest BCUT2D eigenvalue weighted by Gasteiger charge is -2.36. The highest BCUT2D eigenvalue weighted by atomic mass is 28.4. The first-order valence-corrected chi connectivity index (χ1v) is 17.2. The van der Waals surface area contributed by atoms with Crippen LogP contribution in [-0.2, 0) is 39.8 Å². The van der Waals surface area contributed by atoms with E-state index in [0.717, 1.165) is 56.7 Å². The maximum Gasteiger partial charge on any atom is 0.500 e. The van der Waals surface area contributed by atoms with E-state index in [9.17, 15) is 0 Å². The van der Waals surface area contributed by atoms with Crippen LogP contribution in [0.4, 0.5) is 0 Å². The van der Waals surface area contributed by atoms with Crippen molar-refractivity contribution in [3.63, 3.8) is 0 Å². The Morgan fingerprint density at radius 1 is 0.455 bits per heavy atom. The van der Waals surface area contributed by atoms with Crippen LogP contribution >= 0.6 is 0 Å². The summed E-state index contributed by atoms with van der Waals surface area (Å²) < 4.78 is 50.4. The van der Waals surface area contributed by atoms with Gasteiger partial charge in [0.2, 0.25) is 0 Å². The van der Waals surface area contributed by atoms with Gasteiger partial charge < -0.3 is 45.6 Å². The summed E-state index contributed by atoms with van der Waals surface area (Å²) in [7, 11) is 6.89. The number of hydrogen-bond donors (Lipinski definition) is 1. The van der Waals surface area contributed by atoms with Crippen molar-refractivity contribution >= 4 is 26.4 Å². The van der Waals surface area contributed by atoms with Crippen LogP contribution < -0.4 is 5.73 Å². The van der Waals surface area contributed by atoms with E-state index < -0.39 is 26.4 Å². The Morgan fingerprint density at radius 3 is 0.818 bits per heavy atom. The fraction of sp³-hybridized carbons (Fsp3) is 1.00. The maximum absolute atomic E-state index is 6.40. The van der Waals surface area contributed by atoms with E-state index in [4.69, 9.17) is 45.6 Å². The van der Waals surface area contributed by atoms with Crippen LogP contribution in [0.1, 0.15) is 38.5 Å². The molecule has 0 bridgehead atoms. The van der Waals surface area contributed by atoms with Crippen molar-refractivity contribution in [1.82, 2.24) is 0 Å². The van der Waals surface area contributed by atoms with Crippen molar-refractivity contribution in [3.8, 4) is 0 Å². The zero-order valence-electron chi connectivity index (χ0n) is 22.3. The van der Waals surface area contributed by atoms with Crippen LogP contribution in [0.5, 0.6) is 0 Å². The van der Waals surface area contributed by atoms with Gasteiger partial charge in [0.05, 0.1) is 0 Å². The molecule has 0 aromatic carbocycles. The van der Waals surface area contributed by atoms with Gasteiger partial charge in [-0.15, -0.1) is 0 Å². The van der Waals surface area contributed by atoms with Gasteiger partial charge in [-0.05, 0) is 50.5 Å². The third kappa shape index (κ3) is 10.0. The first kappa shape index (κ1) is 33.3. The molecule has 0 fully saturated rings. The first-order chi connectivity index (χ1) is 15.7. The van der Waals surface area contributed by atoms with E-state index in [1.54, 1.807) is 64.0 Å². The second-order valence-corrected chi connectivity index (χ2v) is 17.4. The number of hydrogen-bond acceptors (Lipinski definition) is 10. The zero-order valence-corrected chi connectivity index (χ0v) is 25.3. The van der Waals surface area contributed by atoms with Crippen molar-refractivity contribution in [1.29, 1.82) is 0 Å². The lowest BCUT2D eigenvalue weighted by Crippen LogP contribution is -2.44. The van der Waals surface area contributed by atoms with E-state index in [1.165, 1.54) is 0 Å². The van der Waals surface area contributed by atoms with Crippen molar-refractivity contribution in [3.05, 3.63) is 0 Å². The third-order valence-electron chi connectivity index (χ3n) is 6.80. The summed E-state index contributed by atoms with van der Waals surface area (Å²) in [6.07, 6.45) is 5.46. The van der Waals surface area contributed by atoms with Crippen LogP contribution in [0.3, 0.4) is 0 Å². The van der Waals surface area contributed by atoms with E-state index in [1.807, 2.05) is 0 Å². The normalized spacial score (nSPS) is 13.6. The van der Waals surface area contributed by atoms with E-state index in [-0.39, 0.29) is 5.41 Å². The average molecular weight is 532 g/mol. The lowest BCUT2D eigenvalue weighted by molar-refractivity contribution is 0.114. The van der Waals surface area contributed by atoms with Gasteiger partial charge in [0.25, 0.3) is 0 Å². The zero-order chi connectivity index (χ0) is 25.4. The SMILES string of the molecule is CO[Si](CCCC(CN)(CCC[Si](OC)(OC)OC)CCC[Si](OC)(OC)OC)(OC)OC. The summed E-state index contributed by atoms with van der Waals surface area (Å²) >= 11 is 0. The Hall–Kier alpha value is 0.251. The summed E-state index contributed by atoms with van der Waals surface area (Å²) in [6, 6.07) is 2.20. The van der Waals surface area contributed by atoms with Gasteiger partial charge in [0.1, 0.15) is 0 Å². The second-order valence-electron chi connectivity index (χ2n) is 8.15. The highest BCUT2D eigenvalue weighted by Gasteiger charge is 2.42. The summed E-state index contributed by atoms with van der Waals surface area (Å²) in [4.78, 5) is 0. The Labute approximate surface area is 204 Å². The molecule has 0 heterocycles. The molecule has 33 heavy (non-hydrogen) atoms. The second kappa shape index (κ2) is 16.8. The topological polar surface area (TPSA) is 109 Å². The van der Waals surface area contributed by atoms with Gasteiger partial charge in [-0.2, -0.15) is 0 Å². The lowest BCUT2D eigenvalue weighted by atomic mass is 9.76. The molecular formula is C20H49NO9Si3. The fourth-order valence-corrected chi connectivity index (χ4v) is 9.56. The van der Waals surface area contributed by atoms with Crippen molar-refractivity contribution in [2.75, 3.05) is 70.5 Å². The molecule has 0 aliphatic carbocycles. The van der Waals surface area contributed by atoms with Gasteiger partial charge >= 0.3 is 26.4 Å². The van der Waals surface area contributed by atoms with Crippen LogP contribution in [0.15, 0.2) is 0 Å². The molecule has 0 radical (unpaired) electrons. The molecule has 0 aromatic rings. The molecule has 10 nitrogen and oxygen atoms in total. The van der Waals surface area contributed by atoms with Crippen LogP contribution in [0.2, 0.25) is 18.1 Å². The minimum absolute atomic E-state index is 0.0694. The molecule has 0 saturated carbocycles. The monoisotopic (exact) mass is 531 g/mol. The molecule has 0 unspecified atom stereocenters. The van der Waals surface area contributed by atoms with Crippen LogP contribution in [0.25, 0.3) is 0 Å². The molecule has 2 N–H and O–H groups in total. The van der Waals surface area contributed by atoms with Crippen LogP contribution in [0, 0.1) is 5.41 Å². The van der Waals surface area contributed by atoms with Crippen molar-refractivity contribution in [2.45, 2.75) is 56.7 Å². The molecule has 0 aliphatic rings. The van der Waals surface area contributed by atoms with Gasteiger partial charge in [-0.1, -0.05) is 0 Å². The molecular weight excluding hydrogens is 482 g/mol. The molecule has 13 heteroatoms. The van der Waals surface area contributed by atoms with E-state index in [0.29, 0.717) is 6.54 Å². The van der Waals surface area contributed by atoms with Gasteiger partial charge in [-0.3, -0.25) is 0 Å². The highest BCUT2D eigenvalue weighted by Crippen LogP contribution is 2.38. The predicted molar refractivity (Wildman–Crippen MR) is 134 cm³/mol. The Morgan fingerprint density at radius 2 is 0.667 bits per heavy atom. The molecule has 0 spiro atoms. The third-order valence-corrected chi connectivity index (χ3v) is 15.3. The van der Waals surface area contributed by atoms with Crippen molar-refractivity contribution in [2.24, 2.45) is 11.1 Å². The number of rotatable bonds is 22. The Bertz CT molecular complexity index is 404. The van der Waals surface area contributed by atoms with Gasteiger partial charge in [-0.25, -0.2) is 0 Å². The average Bonchev–Trinajstić information content (AvgIpc) is 2.87. The molecule has 200 valence electrons. The summed E-state index contributed by atoms with van der Waals surface area (Å²) in [5, 5.41) is 0. The Kier molecular flexibility index (Phi) is 17.0. The van der Waals surface area contributed by atoms with Crippen LogP contribution in [-0.4, -0.2) is 96.9 Å². The highest BCUT2D eigenvalue weighted by molar-refractivity contribution is 6.61. The molecule has 0 saturated heterocycles. The van der Waals surface area contributed by atoms with E-state index >= 15 is 0 Å². The standard InChI is InChI=1S/C20H49NO9Si3/c1-22-31(23-2,24-3)16-10-13-20(19-21,14-11-17-32(25-4,26-5)27-6)15-12-18-33(28-7,29-8)30-9/h10-19,21H2,1-9H3. The smallest absolute Gasteiger partial charge is 0.377 e. The number of nitrogens with two attached hydrogens (primary N) is 1.